The van der Waals surface area contributed by atoms with Gasteiger partial charge in [0.25, 0.3) is 0 Å². The highest BCUT2D eigenvalue weighted by Crippen LogP contribution is 2.35. The number of nitrogens with one attached hydrogen (secondary N) is 1. The summed E-state index contributed by atoms with van der Waals surface area (Å²) in [5.41, 5.74) is -2.11. The highest BCUT2D eigenvalue weighted by atomic mass is 19.4. The number of amides is 1. The molecule has 0 spiro atoms. The third-order valence-corrected chi connectivity index (χ3v) is 5.23. The highest BCUT2D eigenvalue weighted by molar-refractivity contribution is 5.83. The van der Waals surface area contributed by atoms with Crippen LogP contribution in [0.4, 0.5) is 26.3 Å². The van der Waals surface area contributed by atoms with Crippen LogP contribution in [0.25, 0.3) is 5.69 Å². The Kier molecular flexibility index (Phi) is 5.92. The van der Waals surface area contributed by atoms with E-state index in [1.165, 1.54) is 6.07 Å². The van der Waals surface area contributed by atoms with Gasteiger partial charge in [-0.05, 0) is 48.9 Å². The van der Waals surface area contributed by atoms with Gasteiger partial charge in [0.1, 0.15) is 0 Å². The molecule has 2 aromatic carbocycles. The molecule has 180 valence electrons. The van der Waals surface area contributed by atoms with E-state index in [0.717, 1.165) is 16.8 Å². The van der Waals surface area contributed by atoms with E-state index in [9.17, 15) is 31.1 Å². The molecular formula is C22H17F6N3O3. The van der Waals surface area contributed by atoms with Crippen molar-refractivity contribution >= 4 is 5.91 Å². The number of halogens is 6. The molecule has 1 atom stereocenters. The van der Waals surface area contributed by atoms with E-state index in [0.29, 0.717) is 29.2 Å². The van der Waals surface area contributed by atoms with Crippen molar-refractivity contribution in [1.29, 1.82) is 0 Å². The van der Waals surface area contributed by atoms with Crippen molar-refractivity contribution in [2.75, 3.05) is 6.79 Å². The largest absolute Gasteiger partial charge is 0.454 e. The molecule has 0 bridgehead atoms. The van der Waals surface area contributed by atoms with E-state index >= 15 is 0 Å². The predicted octanol–water partition coefficient (Wildman–Crippen LogP) is 5.06. The lowest BCUT2D eigenvalue weighted by atomic mass is 10.00. The van der Waals surface area contributed by atoms with Gasteiger partial charge < -0.3 is 14.8 Å². The van der Waals surface area contributed by atoms with Gasteiger partial charge in [0, 0.05) is 0 Å². The maximum Gasteiger partial charge on any atom is 0.435 e. The van der Waals surface area contributed by atoms with Gasteiger partial charge in [0.2, 0.25) is 12.7 Å². The Morgan fingerprint density at radius 1 is 1.03 bits per heavy atom. The summed E-state index contributed by atoms with van der Waals surface area (Å²) in [5, 5.41) is 5.96. The van der Waals surface area contributed by atoms with Crippen molar-refractivity contribution in [1.82, 2.24) is 15.1 Å². The second-order valence-electron chi connectivity index (χ2n) is 7.53. The molecule has 0 radical (unpaired) electrons. The first-order valence-electron chi connectivity index (χ1n) is 9.94. The van der Waals surface area contributed by atoms with Gasteiger partial charge >= 0.3 is 12.4 Å². The van der Waals surface area contributed by atoms with Crippen LogP contribution in [-0.2, 0) is 23.7 Å². The van der Waals surface area contributed by atoms with Gasteiger partial charge in [0.05, 0.1) is 29.4 Å². The molecule has 6 nitrogen and oxygen atoms in total. The molecule has 1 unspecified atom stereocenters. The van der Waals surface area contributed by atoms with Crippen molar-refractivity contribution in [2.24, 2.45) is 0 Å². The van der Waals surface area contributed by atoms with Gasteiger partial charge in [-0.15, -0.1) is 0 Å². The zero-order valence-corrected chi connectivity index (χ0v) is 17.5. The Hall–Kier alpha value is -3.70. The van der Waals surface area contributed by atoms with Crippen molar-refractivity contribution in [3.05, 3.63) is 71.0 Å². The number of hydrogen-bond acceptors (Lipinski definition) is 4. The smallest absolute Gasteiger partial charge is 0.435 e. The molecule has 0 fully saturated rings. The molecule has 1 N–H and O–H groups in total. The molecule has 12 heteroatoms. The summed E-state index contributed by atoms with van der Waals surface area (Å²) in [6.45, 7) is 1.26. The lowest BCUT2D eigenvalue weighted by Gasteiger charge is -2.14. The Balaban J connectivity index is 1.58. The van der Waals surface area contributed by atoms with Crippen molar-refractivity contribution in [2.45, 2.75) is 31.7 Å². The lowest BCUT2D eigenvalue weighted by Crippen LogP contribution is -2.28. The maximum absolute atomic E-state index is 13.3. The van der Waals surface area contributed by atoms with Crippen LogP contribution in [0.2, 0.25) is 0 Å². The second kappa shape index (κ2) is 8.58. The molecule has 0 saturated carbocycles. The molecule has 1 aliphatic rings. The standard InChI is InChI=1S/C22H17F6N3O3/c1-12(13-5-6-17-18(7-13)34-11-33-17)20(32)29-10-16-9-19(22(26,27)28)30-31(16)15-4-2-3-14(8-15)21(23,24)25/h2-9,12H,10-11H2,1H3,(H,29,32). The summed E-state index contributed by atoms with van der Waals surface area (Å²) < 4.78 is 90.3. The van der Waals surface area contributed by atoms with Crippen LogP contribution in [0.5, 0.6) is 11.5 Å². The van der Waals surface area contributed by atoms with Gasteiger partial charge in [-0.2, -0.15) is 31.4 Å². The summed E-state index contributed by atoms with van der Waals surface area (Å²) in [6.07, 6.45) is -9.52. The van der Waals surface area contributed by atoms with E-state index in [-0.39, 0.29) is 18.2 Å². The van der Waals surface area contributed by atoms with E-state index in [1.54, 1.807) is 25.1 Å². The quantitative estimate of drug-likeness (QED) is 0.514. The van der Waals surface area contributed by atoms with Crippen LogP contribution in [-0.4, -0.2) is 22.5 Å². The van der Waals surface area contributed by atoms with Crippen LogP contribution in [0.15, 0.2) is 48.5 Å². The normalized spacial score (nSPS) is 14.2. The van der Waals surface area contributed by atoms with Crippen LogP contribution in [0, 0.1) is 0 Å². The summed E-state index contributed by atoms with van der Waals surface area (Å²) in [4.78, 5) is 12.7. The van der Waals surface area contributed by atoms with Crippen LogP contribution < -0.4 is 14.8 Å². The van der Waals surface area contributed by atoms with Gasteiger partial charge in [0.15, 0.2) is 17.2 Å². The zero-order chi connectivity index (χ0) is 24.7. The number of nitrogens with zero attached hydrogens (tertiary/aromatic N) is 2. The Bertz CT molecular complexity index is 1220. The van der Waals surface area contributed by atoms with Crippen molar-refractivity contribution in [3.63, 3.8) is 0 Å². The third-order valence-electron chi connectivity index (χ3n) is 5.23. The number of carbonyl (C=O) groups excluding carboxylic acids is 1. The highest BCUT2D eigenvalue weighted by Gasteiger charge is 2.36. The van der Waals surface area contributed by atoms with Crippen LogP contribution in [0.1, 0.15) is 35.4 Å². The zero-order valence-electron chi connectivity index (χ0n) is 17.5. The molecule has 1 aliphatic heterocycles. The second-order valence-corrected chi connectivity index (χ2v) is 7.53. The first kappa shape index (κ1) is 23.5. The Morgan fingerprint density at radius 2 is 1.76 bits per heavy atom. The monoisotopic (exact) mass is 485 g/mol. The minimum absolute atomic E-state index is 0.0560. The number of alkyl halides is 6. The molecule has 3 aromatic rings. The summed E-state index contributed by atoms with van der Waals surface area (Å²) in [7, 11) is 0. The number of benzene rings is 2. The summed E-state index contributed by atoms with van der Waals surface area (Å²) in [5.74, 6) is -0.207. The molecule has 34 heavy (non-hydrogen) atoms. The topological polar surface area (TPSA) is 65.4 Å². The maximum atomic E-state index is 13.3. The fraction of sp³-hybridized carbons (Fsp3) is 0.273. The van der Waals surface area contributed by atoms with E-state index in [2.05, 4.69) is 10.4 Å². The number of aromatic nitrogens is 2. The van der Waals surface area contributed by atoms with E-state index in [4.69, 9.17) is 9.47 Å². The SMILES string of the molecule is CC(C(=O)NCc1cc(C(F)(F)F)nn1-c1cccc(C(F)(F)F)c1)c1ccc2c(c1)OCO2. The van der Waals surface area contributed by atoms with E-state index < -0.39 is 42.0 Å². The number of fused-ring (bicyclic) bond motifs is 1. The fourth-order valence-corrected chi connectivity index (χ4v) is 3.39. The number of carbonyl (C=O) groups is 1. The van der Waals surface area contributed by atoms with Crippen molar-refractivity contribution in [3.8, 4) is 17.2 Å². The average molecular weight is 485 g/mol. The molecular weight excluding hydrogens is 468 g/mol. The predicted molar refractivity (Wildman–Crippen MR) is 106 cm³/mol. The fourth-order valence-electron chi connectivity index (χ4n) is 3.39. The molecule has 0 aliphatic carbocycles. The molecule has 2 heterocycles. The summed E-state index contributed by atoms with van der Waals surface area (Å²) in [6, 6.07) is 9.36. The first-order chi connectivity index (χ1) is 15.9. The van der Waals surface area contributed by atoms with Crippen LogP contribution in [0.3, 0.4) is 0 Å². The van der Waals surface area contributed by atoms with Crippen molar-refractivity contribution < 1.29 is 40.6 Å². The Labute approximate surface area is 189 Å². The number of hydrogen-bond donors (Lipinski definition) is 1. The first-order valence-corrected chi connectivity index (χ1v) is 9.94. The summed E-state index contributed by atoms with van der Waals surface area (Å²) >= 11 is 0. The van der Waals surface area contributed by atoms with Crippen LogP contribution >= 0.6 is 0 Å². The third kappa shape index (κ3) is 4.80. The van der Waals surface area contributed by atoms with Gasteiger partial charge in [-0.1, -0.05) is 12.1 Å². The van der Waals surface area contributed by atoms with Gasteiger partial charge in [-0.25, -0.2) is 4.68 Å². The minimum Gasteiger partial charge on any atom is -0.454 e. The molecule has 1 aromatic heterocycles. The van der Waals surface area contributed by atoms with E-state index in [1.807, 2.05) is 0 Å². The molecule has 1 amide bonds. The van der Waals surface area contributed by atoms with Gasteiger partial charge in [-0.3, -0.25) is 4.79 Å². The Morgan fingerprint density at radius 3 is 2.47 bits per heavy atom. The number of rotatable bonds is 5. The lowest BCUT2D eigenvalue weighted by molar-refractivity contribution is -0.141. The minimum atomic E-state index is -4.83. The average Bonchev–Trinajstić information content (AvgIpc) is 3.42. The molecule has 0 saturated heterocycles. The number of ether oxygens (including phenoxy) is 2. The molecule has 4 rings (SSSR count).